The summed E-state index contributed by atoms with van der Waals surface area (Å²) in [5.74, 6) is 1.92. The van der Waals surface area contributed by atoms with Crippen LogP contribution in [-0.4, -0.2) is 48.5 Å². The number of nitrogens with zero attached hydrogens (tertiary/aromatic N) is 7. The number of nitrogens with one attached hydrogen (secondary N) is 1. The molecular formula is C33H30N8. The van der Waals surface area contributed by atoms with Crippen LogP contribution in [0.3, 0.4) is 0 Å². The normalized spacial score (nSPS) is 15.1. The average Bonchev–Trinajstić information content (AvgIpc) is 3.43. The van der Waals surface area contributed by atoms with E-state index in [1.807, 2.05) is 24.5 Å². The number of hydrogen-bond donors (Lipinski definition) is 1. The second-order valence-electron chi connectivity index (χ2n) is 10.7. The Morgan fingerprint density at radius 3 is 2.51 bits per heavy atom. The second kappa shape index (κ2) is 11.0. The standard InChI is InChI=1S/C33H30N8/c34-20-30-36-16-11-29(38-30)37-27-13-17-40(18-14-27)22-23-6-8-25(9-7-23)31-32(26-4-2-1-3-5-26)41-19-12-24-10-15-35-21-28(24)33(41)39-31/h1-11,15-16,21,27H,12-14,17-19,22H2,(H,36,37,38). The molecule has 1 N–H and O–H groups in total. The number of fused-ring (bicyclic) bond motifs is 3. The lowest BCUT2D eigenvalue weighted by atomic mass is 10.0. The summed E-state index contributed by atoms with van der Waals surface area (Å²) >= 11 is 0. The number of hydrogen-bond acceptors (Lipinski definition) is 7. The first-order chi connectivity index (χ1) is 20.2. The largest absolute Gasteiger partial charge is 0.367 e. The highest BCUT2D eigenvalue weighted by atomic mass is 15.2. The quantitative estimate of drug-likeness (QED) is 0.302. The van der Waals surface area contributed by atoms with E-state index in [0.717, 1.165) is 73.9 Å². The van der Waals surface area contributed by atoms with Crippen LogP contribution in [0.15, 0.2) is 85.3 Å². The van der Waals surface area contributed by atoms with Crippen molar-refractivity contribution < 1.29 is 0 Å². The number of rotatable bonds is 6. The van der Waals surface area contributed by atoms with Gasteiger partial charge >= 0.3 is 0 Å². The zero-order valence-corrected chi connectivity index (χ0v) is 22.7. The van der Waals surface area contributed by atoms with Gasteiger partial charge in [0.05, 0.1) is 11.4 Å². The van der Waals surface area contributed by atoms with Crippen molar-refractivity contribution in [1.82, 2.24) is 29.4 Å². The molecule has 0 radical (unpaired) electrons. The van der Waals surface area contributed by atoms with Crippen molar-refractivity contribution in [2.45, 2.75) is 38.4 Å². The zero-order valence-electron chi connectivity index (χ0n) is 22.7. The Morgan fingerprint density at radius 2 is 1.71 bits per heavy atom. The predicted octanol–water partition coefficient (Wildman–Crippen LogP) is 5.57. The van der Waals surface area contributed by atoms with E-state index in [2.05, 4.69) is 90.4 Å². The van der Waals surface area contributed by atoms with E-state index >= 15 is 0 Å². The fourth-order valence-electron chi connectivity index (χ4n) is 6.00. The van der Waals surface area contributed by atoms with Crippen molar-refractivity contribution in [1.29, 1.82) is 5.26 Å². The van der Waals surface area contributed by atoms with Crippen molar-refractivity contribution in [3.05, 3.63) is 102 Å². The SMILES string of the molecule is N#Cc1nccc(NC2CCN(Cc3ccc(-c4nc5n(c4-c4ccccc4)CCc4ccncc4-5)cc3)CC2)n1. The molecule has 1 saturated heterocycles. The number of likely N-dealkylation sites (tertiary alicyclic amines) is 1. The summed E-state index contributed by atoms with van der Waals surface area (Å²) in [6, 6.07) is 25.8. The van der Waals surface area contributed by atoms with Crippen LogP contribution in [0.2, 0.25) is 0 Å². The third-order valence-corrected chi connectivity index (χ3v) is 8.10. The number of piperidine rings is 1. The molecule has 2 aliphatic rings. The summed E-state index contributed by atoms with van der Waals surface area (Å²) in [5, 5.41) is 12.5. The van der Waals surface area contributed by atoms with E-state index < -0.39 is 0 Å². The van der Waals surface area contributed by atoms with Gasteiger partial charge in [-0.1, -0.05) is 54.6 Å². The number of anilines is 1. The number of imidazole rings is 1. The van der Waals surface area contributed by atoms with Crippen LogP contribution in [0.4, 0.5) is 5.82 Å². The minimum Gasteiger partial charge on any atom is -0.367 e. The first-order valence-electron chi connectivity index (χ1n) is 14.2. The third-order valence-electron chi connectivity index (χ3n) is 8.10. The molecule has 0 aliphatic carbocycles. The van der Waals surface area contributed by atoms with Crippen molar-refractivity contribution in [2.24, 2.45) is 0 Å². The first-order valence-corrected chi connectivity index (χ1v) is 14.2. The Balaban J connectivity index is 1.08. The van der Waals surface area contributed by atoms with Gasteiger partial charge in [0.25, 0.3) is 0 Å². The van der Waals surface area contributed by atoms with E-state index in [1.54, 1.807) is 6.20 Å². The van der Waals surface area contributed by atoms with Gasteiger partial charge in [-0.3, -0.25) is 9.88 Å². The lowest BCUT2D eigenvalue weighted by Crippen LogP contribution is -2.38. The van der Waals surface area contributed by atoms with E-state index in [0.29, 0.717) is 6.04 Å². The highest BCUT2D eigenvalue weighted by Crippen LogP contribution is 2.39. The monoisotopic (exact) mass is 538 g/mol. The third kappa shape index (κ3) is 5.08. The fraction of sp³-hybridized carbons (Fsp3) is 0.242. The Bertz CT molecular complexity index is 1710. The molecule has 0 unspecified atom stereocenters. The number of pyridine rings is 1. The van der Waals surface area contributed by atoms with Crippen molar-refractivity contribution in [3.8, 4) is 40.0 Å². The van der Waals surface area contributed by atoms with Gasteiger partial charge in [-0.2, -0.15) is 5.26 Å². The predicted molar refractivity (Wildman–Crippen MR) is 159 cm³/mol. The molecule has 5 aromatic rings. The summed E-state index contributed by atoms with van der Waals surface area (Å²) in [7, 11) is 0. The van der Waals surface area contributed by atoms with Gasteiger partial charge in [-0.15, -0.1) is 0 Å². The smallest absolute Gasteiger partial charge is 0.234 e. The molecule has 3 aromatic heterocycles. The van der Waals surface area contributed by atoms with Crippen LogP contribution in [0, 0.1) is 11.3 Å². The van der Waals surface area contributed by atoms with Gasteiger partial charge in [0.15, 0.2) is 0 Å². The molecule has 0 atom stereocenters. The Kier molecular flexibility index (Phi) is 6.71. The molecule has 8 heteroatoms. The summed E-state index contributed by atoms with van der Waals surface area (Å²) in [6.07, 6.45) is 8.49. The fourth-order valence-corrected chi connectivity index (χ4v) is 6.00. The Morgan fingerprint density at radius 1 is 0.878 bits per heavy atom. The number of nitriles is 1. The van der Waals surface area contributed by atoms with Crippen LogP contribution in [0.1, 0.15) is 29.8 Å². The zero-order chi connectivity index (χ0) is 27.6. The molecule has 7 rings (SSSR count). The van der Waals surface area contributed by atoms with E-state index in [1.165, 1.54) is 22.4 Å². The molecule has 0 saturated carbocycles. The van der Waals surface area contributed by atoms with E-state index in [9.17, 15) is 0 Å². The lowest BCUT2D eigenvalue weighted by Gasteiger charge is -2.32. The average molecular weight is 539 g/mol. The second-order valence-corrected chi connectivity index (χ2v) is 10.7. The molecule has 202 valence electrons. The maximum atomic E-state index is 9.05. The van der Waals surface area contributed by atoms with Crippen molar-refractivity contribution >= 4 is 5.82 Å². The minimum absolute atomic E-state index is 0.198. The molecule has 2 aromatic carbocycles. The number of aryl methyl sites for hydroxylation is 1. The Hall–Kier alpha value is -4.87. The van der Waals surface area contributed by atoms with Crippen molar-refractivity contribution in [2.75, 3.05) is 18.4 Å². The van der Waals surface area contributed by atoms with Crippen LogP contribution in [0.25, 0.3) is 33.9 Å². The van der Waals surface area contributed by atoms with Gasteiger partial charge in [-0.25, -0.2) is 15.0 Å². The maximum Gasteiger partial charge on any atom is 0.234 e. The summed E-state index contributed by atoms with van der Waals surface area (Å²) in [4.78, 5) is 20.3. The van der Waals surface area contributed by atoms with Gasteiger partial charge in [0.1, 0.15) is 17.7 Å². The molecule has 5 heterocycles. The summed E-state index contributed by atoms with van der Waals surface area (Å²) in [6.45, 7) is 3.84. The van der Waals surface area contributed by atoms with Crippen LogP contribution < -0.4 is 5.32 Å². The molecule has 0 amide bonds. The lowest BCUT2D eigenvalue weighted by molar-refractivity contribution is 0.211. The molecule has 1 fully saturated rings. The first kappa shape index (κ1) is 25.1. The molecule has 41 heavy (non-hydrogen) atoms. The molecule has 0 spiro atoms. The van der Waals surface area contributed by atoms with E-state index in [-0.39, 0.29) is 5.82 Å². The van der Waals surface area contributed by atoms with Crippen LogP contribution in [-0.2, 0) is 19.5 Å². The maximum absolute atomic E-state index is 9.05. The molecule has 8 nitrogen and oxygen atoms in total. The van der Waals surface area contributed by atoms with Gasteiger partial charge < -0.3 is 9.88 Å². The Labute approximate surface area is 239 Å². The van der Waals surface area contributed by atoms with Gasteiger partial charge in [0, 0.05) is 67.5 Å². The highest BCUT2D eigenvalue weighted by Gasteiger charge is 2.26. The van der Waals surface area contributed by atoms with Crippen LogP contribution >= 0.6 is 0 Å². The number of aromatic nitrogens is 5. The summed E-state index contributed by atoms with van der Waals surface area (Å²) in [5.41, 5.74) is 8.23. The molecule has 0 bridgehead atoms. The number of benzene rings is 2. The highest BCUT2D eigenvalue weighted by molar-refractivity contribution is 5.83. The summed E-state index contributed by atoms with van der Waals surface area (Å²) < 4.78 is 2.36. The van der Waals surface area contributed by atoms with Gasteiger partial charge in [-0.05, 0) is 42.5 Å². The minimum atomic E-state index is 0.198. The van der Waals surface area contributed by atoms with E-state index in [4.69, 9.17) is 10.2 Å². The molecule has 2 aliphatic heterocycles. The van der Waals surface area contributed by atoms with Crippen LogP contribution in [0.5, 0.6) is 0 Å². The van der Waals surface area contributed by atoms with Crippen molar-refractivity contribution in [3.63, 3.8) is 0 Å². The topological polar surface area (TPSA) is 95.6 Å². The van der Waals surface area contributed by atoms with Gasteiger partial charge in [0.2, 0.25) is 5.82 Å². The molecular weight excluding hydrogens is 508 g/mol.